The van der Waals surface area contributed by atoms with Gasteiger partial charge in [-0.2, -0.15) is 6.07 Å². The van der Waals surface area contributed by atoms with Gasteiger partial charge in [-0.1, -0.05) is 68.2 Å². The van der Waals surface area contributed by atoms with Crippen molar-refractivity contribution in [3.05, 3.63) is 83.3 Å². The maximum atomic E-state index is 5.51. The standard InChI is InChI=1S/C16H15.C10H12OSi.2ClH.Zr/c1-11(2)14-9-13-8-7-12-5-3-4-6-15(12)16(13)10-14;1-6-9-7-4-5-11-8(7)10(6)12(9,2)3;;;/h3-11H,1-2H3;4-5,9H,1-3H3;2*1H;/q-1;;;;+3/p-2. The van der Waals surface area contributed by atoms with E-state index in [1.54, 1.807) is 10.8 Å². The van der Waals surface area contributed by atoms with E-state index in [-0.39, 0.29) is 51.0 Å². The van der Waals surface area contributed by atoms with E-state index < -0.39 is 8.07 Å². The Morgan fingerprint density at radius 2 is 1.68 bits per heavy atom. The maximum Gasteiger partial charge on any atom is 3.00 e. The first-order chi connectivity index (χ1) is 13.4. The molecule has 4 aromatic rings. The van der Waals surface area contributed by atoms with Gasteiger partial charge in [0.2, 0.25) is 0 Å². The molecule has 0 amide bonds. The van der Waals surface area contributed by atoms with Crippen LogP contribution < -0.4 is 24.8 Å². The predicted octanol–water partition coefficient (Wildman–Crippen LogP) is 1.79. The Labute approximate surface area is 217 Å². The molecule has 1 unspecified atom stereocenters. The van der Waals surface area contributed by atoms with Gasteiger partial charge in [0.25, 0.3) is 0 Å². The van der Waals surface area contributed by atoms with Crippen LogP contribution >= 0.6 is 0 Å². The van der Waals surface area contributed by atoms with Crippen molar-refractivity contribution in [1.29, 1.82) is 0 Å². The largest absolute Gasteiger partial charge is 3.00 e. The third kappa shape index (κ3) is 3.97. The third-order valence-electron chi connectivity index (χ3n) is 6.73. The van der Waals surface area contributed by atoms with Crippen molar-refractivity contribution in [2.75, 3.05) is 0 Å². The Kier molecular flexibility index (Phi) is 8.03. The second-order valence-corrected chi connectivity index (χ2v) is 13.7. The van der Waals surface area contributed by atoms with E-state index in [0.29, 0.717) is 5.92 Å². The number of hydrogen-bond acceptors (Lipinski definition) is 1. The van der Waals surface area contributed by atoms with Gasteiger partial charge in [-0.05, 0) is 29.5 Å². The van der Waals surface area contributed by atoms with Gasteiger partial charge in [-0.15, -0.1) is 28.5 Å². The molecule has 1 aliphatic carbocycles. The number of allylic oxidation sites excluding steroid dienone is 1. The molecule has 5 heteroatoms. The van der Waals surface area contributed by atoms with Crippen LogP contribution in [0.4, 0.5) is 0 Å². The SMILES string of the molecule is CC(C)c1cc2c(ccc3ccccc32)[cH-]1.CC1=C2c3occc3C1[Si]2(C)C.[Cl-].[Cl-].[Zr+3]. The van der Waals surface area contributed by atoms with E-state index in [1.807, 2.05) is 6.26 Å². The number of hydrogen-bond donors (Lipinski definition) is 0. The van der Waals surface area contributed by atoms with Crippen molar-refractivity contribution < 1.29 is 55.4 Å². The molecule has 31 heavy (non-hydrogen) atoms. The first kappa shape index (κ1) is 26.3. The molecule has 3 heterocycles. The summed E-state index contributed by atoms with van der Waals surface area (Å²) in [6.07, 6.45) is 1.83. The molecule has 7 rings (SSSR count). The summed E-state index contributed by atoms with van der Waals surface area (Å²) in [5.41, 5.74) is 5.27. The quantitative estimate of drug-likeness (QED) is 0.263. The van der Waals surface area contributed by atoms with Gasteiger partial charge in [0.1, 0.15) is 5.76 Å². The summed E-state index contributed by atoms with van der Waals surface area (Å²) in [6, 6.07) is 19.8. The minimum atomic E-state index is -1.08. The summed E-state index contributed by atoms with van der Waals surface area (Å²) in [7, 11) is -1.08. The molecule has 3 aliphatic rings. The fraction of sp³-hybridized carbons (Fsp3) is 0.269. The molecule has 1 aromatic heterocycles. The summed E-state index contributed by atoms with van der Waals surface area (Å²) in [6.45, 7) is 11.6. The van der Waals surface area contributed by atoms with E-state index in [9.17, 15) is 0 Å². The van der Waals surface area contributed by atoms with E-state index in [0.717, 1.165) is 5.54 Å². The van der Waals surface area contributed by atoms with E-state index in [4.69, 9.17) is 4.42 Å². The van der Waals surface area contributed by atoms with Gasteiger partial charge in [0.05, 0.1) is 14.3 Å². The molecule has 0 fully saturated rings. The molecular formula is C26H27Cl2OSiZr. The van der Waals surface area contributed by atoms with E-state index >= 15 is 0 Å². The minimum Gasteiger partial charge on any atom is -1.00 e. The molecular weight excluding hydrogens is 519 g/mol. The van der Waals surface area contributed by atoms with Crippen LogP contribution in [0.3, 0.4) is 0 Å². The van der Waals surface area contributed by atoms with Crippen molar-refractivity contribution in [3.63, 3.8) is 0 Å². The number of fused-ring (bicyclic) bond motifs is 3. The van der Waals surface area contributed by atoms with Crippen LogP contribution in [0.2, 0.25) is 13.1 Å². The van der Waals surface area contributed by atoms with Gasteiger partial charge in [-0.25, -0.2) is 0 Å². The second-order valence-electron chi connectivity index (χ2n) is 9.15. The van der Waals surface area contributed by atoms with Crippen molar-refractivity contribution in [2.24, 2.45) is 0 Å². The number of benzene rings is 2. The van der Waals surface area contributed by atoms with Crippen LogP contribution in [-0.2, 0) is 26.2 Å². The molecule has 2 aliphatic heterocycles. The van der Waals surface area contributed by atoms with Crippen LogP contribution in [0.25, 0.3) is 26.7 Å². The zero-order chi connectivity index (χ0) is 19.6. The summed E-state index contributed by atoms with van der Waals surface area (Å²) >= 11 is 0. The first-order valence-corrected chi connectivity index (χ1v) is 13.3. The third-order valence-corrected chi connectivity index (χ3v) is 10.8. The Balaban J connectivity index is 0.000000207. The molecule has 0 spiro atoms. The zero-order valence-electron chi connectivity index (χ0n) is 18.6. The van der Waals surface area contributed by atoms with Crippen LogP contribution in [-0.4, -0.2) is 8.07 Å². The molecule has 3 aromatic carbocycles. The van der Waals surface area contributed by atoms with Crippen molar-refractivity contribution in [3.8, 4) is 0 Å². The average Bonchev–Trinajstić information content (AvgIpc) is 3.38. The minimum absolute atomic E-state index is 0. The fourth-order valence-electron chi connectivity index (χ4n) is 5.42. The topological polar surface area (TPSA) is 13.1 Å². The van der Waals surface area contributed by atoms with Crippen LogP contribution in [0.5, 0.6) is 0 Å². The second kappa shape index (κ2) is 9.48. The summed E-state index contributed by atoms with van der Waals surface area (Å²) in [5, 5.41) is 7.04. The predicted molar refractivity (Wildman–Crippen MR) is 123 cm³/mol. The summed E-state index contributed by atoms with van der Waals surface area (Å²) < 4.78 is 5.51. The van der Waals surface area contributed by atoms with E-state index in [2.05, 4.69) is 88.5 Å². The molecule has 0 saturated heterocycles. The first-order valence-electron chi connectivity index (χ1n) is 10.3. The Bertz CT molecular complexity index is 1250. The number of halogens is 2. The Morgan fingerprint density at radius 3 is 2.32 bits per heavy atom. The molecule has 159 valence electrons. The zero-order valence-corrected chi connectivity index (χ0v) is 23.6. The Hall–Kier alpha value is -0.990. The molecule has 1 nitrogen and oxygen atoms in total. The smallest absolute Gasteiger partial charge is 1.00 e. The normalized spacial score (nSPS) is 17.2. The number of rotatable bonds is 1. The molecule has 1 atom stereocenters. The number of furan rings is 1. The van der Waals surface area contributed by atoms with Crippen molar-refractivity contribution in [1.82, 2.24) is 0 Å². The summed E-state index contributed by atoms with van der Waals surface area (Å²) in [5.74, 6) is 1.82. The fourth-order valence-corrected chi connectivity index (χ4v) is 9.67. The summed E-state index contributed by atoms with van der Waals surface area (Å²) in [4.78, 5) is 0. The monoisotopic (exact) mass is 543 g/mol. The van der Waals surface area contributed by atoms with Gasteiger partial charge in [0.15, 0.2) is 0 Å². The van der Waals surface area contributed by atoms with Gasteiger partial charge in [-0.3, -0.25) is 0 Å². The van der Waals surface area contributed by atoms with Gasteiger partial charge in [0, 0.05) is 11.1 Å². The van der Waals surface area contributed by atoms with Gasteiger partial charge >= 0.3 is 26.2 Å². The van der Waals surface area contributed by atoms with Gasteiger partial charge < -0.3 is 29.2 Å². The van der Waals surface area contributed by atoms with Crippen molar-refractivity contribution >= 4 is 34.8 Å². The Morgan fingerprint density at radius 1 is 0.968 bits per heavy atom. The molecule has 0 saturated carbocycles. The maximum absolute atomic E-state index is 5.51. The van der Waals surface area contributed by atoms with E-state index in [1.165, 1.54) is 38.4 Å². The van der Waals surface area contributed by atoms with Crippen LogP contribution in [0, 0.1) is 0 Å². The van der Waals surface area contributed by atoms with Crippen LogP contribution in [0.15, 0.2) is 70.9 Å². The molecule has 2 bridgehead atoms. The molecule has 0 N–H and O–H groups in total. The molecule has 1 radical (unpaired) electrons. The van der Waals surface area contributed by atoms with Crippen LogP contribution in [0.1, 0.15) is 49.1 Å². The average molecular weight is 546 g/mol. The van der Waals surface area contributed by atoms with Crippen molar-refractivity contribution in [2.45, 2.75) is 45.3 Å².